The van der Waals surface area contributed by atoms with Crippen molar-refractivity contribution < 1.29 is 14.3 Å². The molecule has 0 saturated carbocycles. The van der Waals surface area contributed by atoms with E-state index in [0.29, 0.717) is 19.4 Å². The molecule has 2 amide bonds. The third kappa shape index (κ3) is 5.76. The molecule has 5 heteroatoms. The number of primary amides is 1. The number of rotatable bonds is 9. The Morgan fingerprint density at radius 2 is 1.86 bits per heavy atom. The number of amides is 2. The van der Waals surface area contributed by atoms with E-state index >= 15 is 0 Å². The van der Waals surface area contributed by atoms with Gasteiger partial charge in [0.15, 0.2) is 0 Å². The van der Waals surface area contributed by atoms with Crippen LogP contribution in [0.4, 0.5) is 0 Å². The summed E-state index contributed by atoms with van der Waals surface area (Å²) >= 11 is 0. The van der Waals surface area contributed by atoms with Crippen LogP contribution in [-0.4, -0.2) is 24.5 Å². The molecule has 0 saturated heterocycles. The van der Waals surface area contributed by atoms with Crippen molar-refractivity contribution in [2.75, 3.05) is 6.61 Å². The van der Waals surface area contributed by atoms with Gasteiger partial charge in [-0.2, -0.15) is 0 Å². The van der Waals surface area contributed by atoms with Crippen LogP contribution in [0.25, 0.3) is 0 Å². The minimum Gasteiger partial charge on any atom is -0.494 e. The van der Waals surface area contributed by atoms with Gasteiger partial charge < -0.3 is 15.8 Å². The van der Waals surface area contributed by atoms with E-state index in [-0.39, 0.29) is 11.8 Å². The number of carbonyl (C=O) groups excluding carboxylic acids is 2. The standard InChI is InChI=1S/C17H26N2O3/c1-4-12(3)16(17(18)21)19-15(20)11-8-13-6-9-14(10-7-13)22-5-2/h6-7,9-10,12,16H,4-5,8,11H2,1-3H3,(H2,18,21)(H,19,20). The SMILES string of the molecule is CCOc1ccc(CCC(=O)NC(C(N)=O)C(C)CC)cc1. The second-order valence-corrected chi connectivity index (χ2v) is 5.41. The van der Waals surface area contributed by atoms with Crippen molar-refractivity contribution in [3.63, 3.8) is 0 Å². The van der Waals surface area contributed by atoms with Gasteiger partial charge >= 0.3 is 0 Å². The van der Waals surface area contributed by atoms with Crippen LogP contribution in [0.1, 0.15) is 39.2 Å². The molecule has 0 spiro atoms. The van der Waals surface area contributed by atoms with Gasteiger partial charge in [-0.3, -0.25) is 9.59 Å². The Kier molecular flexibility index (Phi) is 7.43. The van der Waals surface area contributed by atoms with Crippen molar-refractivity contribution in [1.82, 2.24) is 5.32 Å². The molecule has 2 atom stereocenters. The second kappa shape index (κ2) is 9.07. The van der Waals surface area contributed by atoms with E-state index < -0.39 is 11.9 Å². The summed E-state index contributed by atoms with van der Waals surface area (Å²) in [6, 6.07) is 7.07. The zero-order chi connectivity index (χ0) is 16.5. The quantitative estimate of drug-likeness (QED) is 0.732. The number of nitrogens with one attached hydrogen (secondary N) is 1. The van der Waals surface area contributed by atoms with Crippen LogP contribution in [0.3, 0.4) is 0 Å². The molecule has 1 rings (SSSR count). The normalized spacial score (nSPS) is 13.2. The maximum absolute atomic E-state index is 12.0. The van der Waals surface area contributed by atoms with E-state index in [4.69, 9.17) is 10.5 Å². The highest BCUT2D eigenvalue weighted by Crippen LogP contribution is 2.13. The monoisotopic (exact) mass is 306 g/mol. The molecule has 1 aromatic rings. The predicted molar refractivity (Wildman–Crippen MR) is 86.5 cm³/mol. The minimum absolute atomic E-state index is 0.0342. The Hall–Kier alpha value is -2.04. The van der Waals surface area contributed by atoms with Gasteiger partial charge in [-0.1, -0.05) is 32.4 Å². The van der Waals surface area contributed by atoms with Gasteiger partial charge in [0.1, 0.15) is 11.8 Å². The van der Waals surface area contributed by atoms with Crippen molar-refractivity contribution in [3.05, 3.63) is 29.8 Å². The van der Waals surface area contributed by atoms with E-state index in [1.807, 2.05) is 45.0 Å². The first-order valence-corrected chi connectivity index (χ1v) is 7.78. The lowest BCUT2D eigenvalue weighted by Gasteiger charge is -2.21. The lowest BCUT2D eigenvalue weighted by molar-refractivity contribution is -0.128. The van der Waals surface area contributed by atoms with Crippen LogP contribution in [0.2, 0.25) is 0 Å². The van der Waals surface area contributed by atoms with Crippen LogP contribution in [0.15, 0.2) is 24.3 Å². The molecule has 0 aliphatic rings. The van der Waals surface area contributed by atoms with Crippen LogP contribution in [-0.2, 0) is 16.0 Å². The summed E-state index contributed by atoms with van der Waals surface area (Å²) in [5.74, 6) is 0.218. The van der Waals surface area contributed by atoms with Crippen molar-refractivity contribution in [1.29, 1.82) is 0 Å². The zero-order valence-electron chi connectivity index (χ0n) is 13.6. The Morgan fingerprint density at radius 1 is 1.23 bits per heavy atom. The summed E-state index contributed by atoms with van der Waals surface area (Å²) in [6.07, 6.45) is 1.73. The molecule has 0 heterocycles. The molecule has 3 N–H and O–H groups in total. The van der Waals surface area contributed by atoms with E-state index in [2.05, 4.69) is 5.32 Å². The lowest BCUT2D eigenvalue weighted by atomic mass is 9.98. The van der Waals surface area contributed by atoms with Crippen LogP contribution in [0, 0.1) is 5.92 Å². The largest absolute Gasteiger partial charge is 0.494 e. The average Bonchev–Trinajstić information content (AvgIpc) is 2.51. The predicted octanol–water partition coefficient (Wildman–Crippen LogP) is 2.03. The van der Waals surface area contributed by atoms with Gasteiger partial charge in [-0.05, 0) is 37.0 Å². The Balaban J connectivity index is 2.49. The number of nitrogens with two attached hydrogens (primary N) is 1. The van der Waals surface area contributed by atoms with Crippen molar-refractivity contribution in [3.8, 4) is 5.75 Å². The first-order valence-electron chi connectivity index (χ1n) is 7.78. The van der Waals surface area contributed by atoms with E-state index in [0.717, 1.165) is 17.7 Å². The van der Waals surface area contributed by atoms with E-state index in [9.17, 15) is 9.59 Å². The molecule has 2 unspecified atom stereocenters. The summed E-state index contributed by atoms with van der Waals surface area (Å²) in [7, 11) is 0. The van der Waals surface area contributed by atoms with Crippen LogP contribution < -0.4 is 15.8 Å². The van der Waals surface area contributed by atoms with E-state index in [1.54, 1.807) is 0 Å². The lowest BCUT2D eigenvalue weighted by Crippen LogP contribution is -2.48. The van der Waals surface area contributed by atoms with Crippen molar-refractivity contribution in [2.24, 2.45) is 11.7 Å². The number of benzene rings is 1. The third-order valence-electron chi connectivity index (χ3n) is 3.71. The smallest absolute Gasteiger partial charge is 0.240 e. The van der Waals surface area contributed by atoms with E-state index in [1.165, 1.54) is 0 Å². The maximum atomic E-state index is 12.0. The number of hydrogen-bond donors (Lipinski definition) is 2. The van der Waals surface area contributed by atoms with Gasteiger partial charge in [0.2, 0.25) is 11.8 Å². The second-order valence-electron chi connectivity index (χ2n) is 5.41. The first-order chi connectivity index (χ1) is 10.5. The first kappa shape index (κ1) is 18.0. The van der Waals surface area contributed by atoms with Gasteiger partial charge in [0.05, 0.1) is 6.61 Å². The zero-order valence-corrected chi connectivity index (χ0v) is 13.6. The van der Waals surface area contributed by atoms with Gasteiger partial charge in [-0.15, -0.1) is 0 Å². The Morgan fingerprint density at radius 3 is 2.36 bits per heavy atom. The van der Waals surface area contributed by atoms with Gasteiger partial charge in [0.25, 0.3) is 0 Å². The molecular weight excluding hydrogens is 280 g/mol. The van der Waals surface area contributed by atoms with Crippen LogP contribution >= 0.6 is 0 Å². The highest BCUT2D eigenvalue weighted by molar-refractivity contribution is 5.86. The maximum Gasteiger partial charge on any atom is 0.240 e. The molecule has 1 aromatic carbocycles. The summed E-state index contributed by atoms with van der Waals surface area (Å²) in [6.45, 7) is 6.44. The number of ether oxygens (including phenoxy) is 1. The number of aryl methyl sites for hydroxylation is 1. The molecule has 22 heavy (non-hydrogen) atoms. The topological polar surface area (TPSA) is 81.4 Å². The van der Waals surface area contributed by atoms with Gasteiger partial charge in [0, 0.05) is 6.42 Å². The number of hydrogen-bond acceptors (Lipinski definition) is 3. The molecule has 0 fully saturated rings. The van der Waals surface area contributed by atoms with Crippen LogP contribution in [0.5, 0.6) is 5.75 Å². The molecule has 0 aliphatic heterocycles. The molecule has 5 nitrogen and oxygen atoms in total. The molecule has 122 valence electrons. The summed E-state index contributed by atoms with van der Waals surface area (Å²) in [5, 5.41) is 2.73. The van der Waals surface area contributed by atoms with Gasteiger partial charge in [-0.25, -0.2) is 0 Å². The fourth-order valence-corrected chi connectivity index (χ4v) is 2.15. The minimum atomic E-state index is -0.599. The Labute approximate surface area is 132 Å². The van der Waals surface area contributed by atoms with Crippen molar-refractivity contribution >= 4 is 11.8 Å². The molecular formula is C17H26N2O3. The third-order valence-corrected chi connectivity index (χ3v) is 3.71. The molecule has 0 radical (unpaired) electrons. The fourth-order valence-electron chi connectivity index (χ4n) is 2.15. The fraction of sp³-hybridized carbons (Fsp3) is 0.529. The number of carbonyl (C=O) groups is 2. The van der Waals surface area contributed by atoms with Crippen molar-refractivity contribution in [2.45, 2.75) is 46.1 Å². The summed E-state index contributed by atoms with van der Waals surface area (Å²) < 4.78 is 5.37. The highest BCUT2D eigenvalue weighted by Gasteiger charge is 2.23. The molecule has 0 aromatic heterocycles. The summed E-state index contributed by atoms with van der Waals surface area (Å²) in [5.41, 5.74) is 6.40. The average molecular weight is 306 g/mol. The highest BCUT2D eigenvalue weighted by atomic mass is 16.5. The molecule has 0 bridgehead atoms. The molecule has 0 aliphatic carbocycles. The Bertz CT molecular complexity index is 485. The summed E-state index contributed by atoms with van der Waals surface area (Å²) in [4.78, 5) is 23.4.